The summed E-state index contributed by atoms with van der Waals surface area (Å²) in [6.45, 7) is 4.22. The third kappa shape index (κ3) is 2.97. The van der Waals surface area contributed by atoms with E-state index in [1.54, 1.807) is 0 Å². The van der Waals surface area contributed by atoms with E-state index in [0.29, 0.717) is 6.54 Å². The van der Waals surface area contributed by atoms with Gasteiger partial charge in [-0.1, -0.05) is 46.8 Å². The number of carbonyl (C=O) groups is 1. The van der Waals surface area contributed by atoms with Gasteiger partial charge in [-0.2, -0.15) is 0 Å². The van der Waals surface area contributed by atoms with Crippen LogP contribution in [0, 0.1) is 0 Å². The number of aryl methyl sites for hydroxylation is 1. The van der Waals surface area contributed by atoms with Crippen LogP contribution in [0.3, 0.4) is 0 Å². The Morgan fingerprint density at radius 2 is 2.24 bits per heavy atom. The van der Waals surface area contributed by atoms with Crippen molar-refractivity contribution in [3.8, 4) is 0 Å². The number of amides is 1. The topological polar surface area (TPSA) is 29.1 Å². The lowest BCUT2D eigenvalue weighted by Crippen LogP contribution is -2.32. The van der Waals surface area contributed by atoms with Crippen molar-refractivity contribution in [3.05, 3.63) is 46.5 Å². The number of carbonyl (C=O) groups excluding carboxylic acids is 1. The zero-order chi connectivity index (χ0) is 12.3. The Bertz CT molecular complexity index is 442. The summed E-state index contributed by atoms with van der Waals surface area (Å²) in [4.78, 5) is 12.1. The number of fused-ring (bicyclic) bond motifs is 1. The van der Waals surface area contributed by atoms with Crippen LogP contribution in [-0.4, -0.2) is 12.5 Å². The molecule has 0 saturated heterocycles. The number of rotatable bonds is 3. The van der Waals surface area contributed by atoms with Crippen LogP contribution < -0.4 is 5.32 Å². The second kappa shape index (κ2) is 5.50. The molecule has 0 saturated carbocycles. The molecule has 1 N–H and O–H groups in total. The Balaban J connectivity index is 2.12. The molecule has 1 unspecified atom stereocenters. The fraction of sp³-hybridized carbons (Fsp3) is 0.357. The highest BCUT2D eigenvalue weighted by atomic mass is 79.9. The molecular formula is C14H16BrNO. The first-order valence-corrected chi connectivity index (χ1v) is 6.66. The van der Waals surface area contributed by atoms with E-state index in [1.165, 1.54) is 11.1 Å². The van der Waals surface area contributed by atoms with Gasteiger partial charge in [-0.15, -0.1) is 0 Å². The van der Waals surface area contributed by atoms with E-state index in [-0.39, 0.29) is 11.8 Å². The number of hydrogen-bond acceptors (Lipinski definition) is 1. The molecule has 1 aliphatic rings. The Hall–Kier alpha value is -1.09. The summed E-state index contributed by atoms with van der Waals surface area (Å²) in [5.41, 5.74) is 2.51. The fourth-order valence-corrected chi connectivity index (χ4v) is 2.47. The van der Waals surface area contributed by atoms with Crippen molar-refractivity contribution in [2.45, 2.75) is 25.2 Å². The van der Waals surface area contributed by atoms with E-state index in [4.69, 9.17) is 0 Å². The molecule has 2 rings (SSSR count). The first-order chi connectivity index (χ1) is 8.18. The first-order valence-electron chi connectivity index (χ1n) is 5.87. The van der Waals surface area contributed by atoms with Crippen molar-refractivity contribution in [2.24, 2.45) is 0 Å². The van der Waals surface area contributed by atoms with Gasteiger partial charge in [0, 0.05) is 11.0 Å². The molecule has 0 aliphatic heterocycles. The van der Waals surface area contributed by atoms with Crippen molar-refractivity contribution in [1.29, 1.82) is 0 Å². The standard InChI is InChI=1S/C14H16BrNO/c1-10(15)9-16-14(17)13-8-4-6-11-5-2-3-7-12(11)13/h2-3,5,7,13H,1,4,6,8-9H2,(H,16,17). The molecule has 0 heterocycles. The lowest BCUT2D eigenvalue weighted by molar-refractivity contribution is -0.122. The second-order valence-corrected chi connectivity index (χ2v) is 5.50. The molecule has 0 fully saturated rings. The molecule has 0 spiro atoms. The zero-order valence-corrected chi connectivity index (χ0v) is 11.3. The van der Waals surface area contributed by atoms with E-state index >= 15 is 0 Å². The van der Waals surface area contributed by atoms with Crippen LogP contribution in [0.15, 0.2) is 35.3 Å². The molecule has 17 heavy (non-hydrogen) atoms. The molecule has 0 aromatic heterocycles. The van der Waals surface area contributed by atoms with Crippen LogP contribution in [-0.2, 0) is 11.2 Å². The average Bonchev–Trinajstić information content (AvgIpc) is 2.35. The summed E-state index contributed by atoms with van der Waals surface area (Å²) in [6.07, 6.45) is 3.12. The van der Waals surface area contributed by atoms with Gasteiger partial charge in [-0.05, 0) is 30.4 Å². The second-order valence-electron chi connectivity index (χ2n) is 4.38. The minimum Gasteiger partial charge on any atom is -0.351 e. The molecule has 2 nitrogen and oxygen atoms in total. The smallest absolute Gasteiger partial charge is 0.227 e. The summed E-state index contributed by atoms with van der Waals surface area (Å²) in [7, 11) is 0. The maximum atomic E-state index is 12.1. The van der Waals surface area contributed by atoms with Crippen LogP contribution >= 0.6 is 15.9 Å². The number of hydrogen-bond donors (Lipinski definition) is 1. The molecule has 1 aromatic carbocycles. The summed E-state index contributed by atoms with van der Waals surface area (Å²) in [5.74, 6) is 0.115. The van der Waals surface area contributed by atoms with Crippen LogP contribution in [0.1, 0.15) is 29.9 Å². The first kappa shape index (κ1) is 12.4. The molecule has 1 atom stereocenters. The van der Waals surface area contributed by atoms with Gasteiger partial charge in [0.25, 0.3) is 0 Å². The average molecular weight is 294 g/mol. The van der Waals surface area contributed by atoms with E-state index < -0.39 is 0 Å². The predicted octanol–water partition coefficient (Wildman–Crippen LogP) is 3.13. The van der Waals surface area contributed by atoms with Gasteiger partial charge in [0.15, 0.2) is 0 Å². The lowest BCUT2D eigenvalue weighted by Gasteiger charge is -2.24. The van der Waals surface area contributed by atoms with Crippen LogP contribution in [0.4, 0.5) is 0 Å². The lowest BCUT2D eigenvalue weighted by atomic mass is 9.82. The van der Waals surface area contributed by atoms with Crippen molar-refractivity contribution in [3.63, 3.8) is 0 Å². The molecular weight excluding hydrogens is 278 g/mol. The molecule has 90 valence electrons. The molecule has 1 aliphatic carbocycles. The molecule has 0 bridgehead atoms. The molecule has 1 aromatic rings. The maximum absolute atomic E-state index is 12.1. The van der Waals surface area contributed by atoms with Gasteiger partial charge in [-0.25, -0.2) is 0 Å². The van der Waals surface area contributed by atoms with Crippen LogP contribution in [0.5, 0.6) is 0 Å². The van der Waals surface area contributed by atoms with Gasteiger partial charge >= 0.3 is 0 Å². The summed E-state index contributed by atoms with van der Waals surface area (Å²) in [5, 5.41) is 2.91. The third-order valence-electron chi connectivity index (χ3n) is 3.14. The SMILES string of the molecule is C=C(Br)CNC(=O)C1CCCc2ccccc21. The molecule has 3 heteroatoms. The maximum Gasteiger partial charge on any atom is 0.227 e. The van der Waals surface area contributed by atoms with E-state index in [1.807, 2.05) is 12.1 Å². The Morgan fingerprint density at radius 1 is 1.47 bits per heavy atom. The van der Waals surface area contributed by atoms with Crippen molar-refractivity contribution >= 4 is 21.8 Å². The minimum atomic E-state index is 0.00630. The monoisotopic (exact) mass is 293 g/mol. The van der Waals surface area contributed by atoms with E-state index in [9.17, 15) is 4.79 Å². The van der Waals surface area contributed by atoms with Crippen molar-refractivity contribution in [2.75, 3.05) is 6.54 Å². The van der Waals surface area contributed by atoms with E-state index in [0.717, 1.165) is 23.7 Å². The number of nitrogens with one attached hydrogen (secondary N) is 1. The van der Waals surface area contributed by atoms with Crippen molar-refractivity contribution < 1.29 is 4.79 Å². The largest absolute Gasteiger partial charge is 0.351 e. The van der Waals surface area contributed by atoms with Gasteiger partial charge in [0.2, 0.25) is 5.91 Å². The highest BCUT2D eigenvalue weighted by Crippen LogP contribution is 2.31. The quantitative estimate of drug-likeness (QED) is 0.911. The van der Waals surface area contributed by atoms with Crippen molar-refractivity contribution in [1.82, 2.24) is 5.32 Å². The summed E-state index contributed by atoms with van der Waals surface area (Å²) < 4.78 is 0.801. The highest BCUT2D eigenvalue weighted by Gasteiger charge is 2.25. The fourth-order valence-electron chi connectivity index (χ4n) is 2.33. The summed E-state index contributed by atoms with van der Waals surface area (Å²) in [6, 6.07) is 8.24. The zero-order valence-electron chi connectivity index (χ0n) is 9.71. The van der Waals surface area contributed by atoms with Gasteiger partial charge in [0.1, 0.15) is 0 Å². The third-order valence-corrected chi connectivity index (χ3v) is 3.42. The number of benzene rings is 1. The molecule has 1 amide bonds. The van der Waals surface area contributed by atoms with E-state index in [2.05, 4.69) is 40.0 Å². The Kier molecular flexibility index (Phi) is 4.00. The highest BCUT2D eigenvalue weighted by molar-refractivity contribution is 9.11. The Morgan fingerprint density at radius 3 is 3.00 bits per heavy atom. The van der Waals surface area contributed by atoms with Crippen LogP contribution in [0.2, 0.25) is 0 Å². The normalized spacial score (nSPS) is 18.3. The van der Waals surface area contributed by atoms with Gasteiger partial charge in [-0.3, -0.25) is 4.79 Å². The predicted molar refractivity (Wildman–Crippen MR) is 73.2 cm³/mol. The van der Waals surface area contributed by atoms with Crippen LogP contribution in [0.25, 0.3) is 0 Å². The minimum absolute atomic E-state index is 0.00630. The number of halogens is 1. The van der Waals surface area contributed by atoms with Gasteiger partial charge in [0.05, 0.1) is 5.92 Å². The van der Waals surface area contributed by atoms with Gasteiger partial charge < -0.3 is 5.32 Å². The molecule has 0 radical (unpaired) electrons. The Labute approximate surface area is 110 Å². The summed E-state index contributed by atoms with van der Waals surface area (Å²) >= 11 is 3.25.